The summed E-state index contributed by atoms with van der Waals surface area (Å²) in [5.74, 6) is -4.03. The Balaban J connectivity index is 1.58. The fraction of sp³-hybridized carbons (Fsp3) is 0.556. The minimum Gasteiger partial charge on any atom is -0.344 e. The standard InChI is InChI=1S/C18H20ClF3N2O2/c19-13-4-2-1-3-12(13)16(25)23-15-10-24(9-14(15)20)17(26)11-5-7-18(21,22)8-6-11/h1-4,11,14-15H,5-10H2,(H,23,25)/t14-,15+/m0/s1. The second kappa shape index (κ2) is 7.47. The molecule has 2 atom stereocenters. The molecule has 0 aromatic heterocycles. The molecule has 0 spiro atoms. The van der Waals surface area contributed by atoms with E-state index >= 15 is 0 Å². The Morgan fingerprint density at radius 2 is 1.81 bits per heavy atom. The van der Waals surface area contributed by atoms with E-state index in [2.05, 4.69) is 5.32 Å². The number of hydrogen-bond acceptors (Lipinski definition) is 2. The van der Waals surface area contributed by atoms with Crippen molar-refractivity contribution in [3.05, 3.63) is 34.9 Å². The Kier molecular flexibility index (Phi) is 5.46. The Morgan fingerprint density at radius 1 is 1.15 bits per heavy atom. The van der Waals surface area contributed by atoms with Crippen molar-refractivity contribution in [2.45, 2.75) is 43.8 Å². The summed E-state index contributed by atoms with van der Waals surface area (Å²) in [6, 6.07) is 5.59. The third kappa shape index (κ3) is 4.14. The van der Waals surface area contributed by atoms with Gasteiger partial charge in [-0.25, -0.2) is 13.2 Å². The molecule has 1 saturated heterocycles. The fourth-order valence-corrected chi connectivity index (χ4v) is 3.74. The largest absolute Gasteiger partial charge is 0.344 e. The number of amides is 2. The van der Waals surface area contributed by atoms with E-state index in [1.165, 1.54) is 11.0 Å². The molecule has 4 nitrogen and oxygen atoms in total. The maximum atomic E-state index is 14.3. The number of rotatable bonds is 3. The normalized spacial score (nSPS) is 25.9. The van der Waals surface area contributed by atoms with E-state index in [9.17, 15) is 22.8 Å². The zero-order valence-corrected chi connectivity index (χ0v) is 14.8. The van der Waals surface area contributed by atoms with E-state index in [1.807, 2.05) is 0 Å². The Hall–Kier alpha value is -1.76. The molecular weight excluding hydrogens is 369 g/mol. The first-order chi connectivity index (χ1) is 12.3. The van der Waals surface area contributed by atoms with E-state index in [1.54, 1.807) is 18.2 Å². The lowest BCUT2D eigenvalue weighted by Gasteiger charge is -2.30. The smallest absolute Gasteiger partial charge is 0.253 e. The highest BCUT2D eigenvalue weighted by atomic mass is 35.5. The fourth-order valence-electron chi connectivity index (χ4n) is 3.52. The number of benzene rings is 1. The third-order valence-electron chi connectivity index (χ3n) is 5.06. The summed E-state index contributed by atoms with van der Waals surface area (Å²) in [6.45, 7) is -0.109. The number of carbonyl (C=O) groups excluding carboxylic acids is 2. The molecule has 1 aliphatic heterocycles. The van der Waals surface area contributed by atoms with Gasteiger partial charge in [0.1, 0.15) is 6.17 Å². The Bertz CT molecular complexity index is 691. The molecule has 2 amide bonds. The van der Waals surface area contributed by atoms with Gasteiger partial charge in [0, 0.05) is 25.3 Å². The summed E-state index contributed by atoms with van der Waals surface area (Å²) in [5, 5.41) is 2.83. The predicted molar refractivity (Wildman–Crippen MR) is 91.1 cm³/mol. The van der Waals surface area contributed by atoms with E-state index in [4.69, 9.17) is 11.6 Å². The average molecular weight is 389 g/mol. The molecule has 1 saturated carbocycles. The van der Waals surface area contributed by atoms with Gasteiger partial charge in [-0.3, -0.25) is 9.59 Å². The summed E-state index contributed by atoms with van der Waals surface area (Å²) in [7, 11) is 0. The van der Waals surface area contributed by atoms with Crippen molar-refractivity contribution >= 4 is 23.4 Å². The van der Waals surface area contributed by atoms with Gasteiger partial charge in [-0.1, -0.05) is 23.7 Å². The van der Waals surface area contributed by atoms with Crippen molar-refractivity contribution in [2.75, 3.05) is 13.1 Å². The van der Waals surface area contributed by atoms with Gasteiger partial charge in [0.25, 0.3) is 5.91 Å². The van der Waals surface area contributed by atoms with Gasteiger partial charge in [0.15, 0.2) is 0 Å². The molecule has 3 rings (SSSR count). The van der Waals surface area contributed by atoms with Crippen LogP contribution in [-0.2, 0) is 4.79 Å². The van der Waals surface area contributed by atoms with Gasteiger partial charge in [0.2, 0.25) is 11.8 Å². The van der Waals surface area contributed by atoms with Crippen molar-refractivity contribution in [3.8, 4) is 0 Å². The Labute approximate surface area is 154 Å². The molecule has 8 heteroatoms. The first-order valence-electron chi connectivity index (χ1n) is 8.63. The van der Waals surface area contributed by atoms with Crippen LogP contribution in [0.15, 0.2) is 24.3 Å². The van der Waals surface area contributed by atoms with Gasteiger partial charge in [-0.15, -0.1) is 0 Å². The van der Waals surface area contributed by atoms with Gasteiger partial charge in [-0.05, 0) is 25.0 Å². The van der Waals surface area contributed by atoms with Crippen LogP contribution in [0.4, 0.5) is 13.2 Å². The highest BCUT2D eigenvalue weighted by molar-refractivity contribution is 6.33. The SMILES string of the molecule is O=C(N[C@@H]1CN(C(=O)C2CCC(F)(F)CC2)C[C@@H]1F)c1ccccc1Cl. The van der Waals surface area contributed by atoms with Crippen LogP contribution < -0.4 is 5.32 Å². The second-order valence-corrected chi connectivity index (χ2v) is 7.36. The molecule has 0 radical (unpaired) electrons. The van der Waals surface area contributed by atoms with Gasteiger partial charge in [-0.2, -0.15) is 0 Å². The zero-order valence-electron chi connectivity index (χ0n) is 14.1. The van der Waals surface area contributed by atoms with Crippen LogP contribution >= 0.6 is 11.6 Å². The third-order valence-corrected chi connectivity index (χ3v) is 5.39. The quantitative estimate of drug-likeness (QED) is 0.862. The van der Waals surface area contributed by atoms with Crippen molar-refractivity contribution in [1.29, 1.82) is 0 Å². The highest BCUT2D eigenvalue weighted by Gasteiger charge is 2.42. The van der Waals surface area contributed by atoms with E-state index in [0.717, 1.165) is 0 Å². The van der Waals surface area contributed by atoms with Gasteiger partial charge < -0.3 is 10.2 Å². The maximum Gasteiger partial charge on any atom is 0.253 e. The van der Waals surface area contributed by atoms with Gasteiger partial charge in [0.05, 0.1) is 23.2 Å². The molecule has 2 aliphatic rings. The maximum absolute atomic E-state index is 14.3. The molecular formula is C18H20ClF3N2O2. The van der Waals surface area contributed by atoms with Crippen molar-refractivity contribution < 1.29 is 22.8 Å². The molecule has 2 fully saturated rings. The second-order valence-electron chi connectivity index (χ2n) is 6.95. The summed E-state index contributed by atoms with van der Waals surface area (Å²) in [4.78, 5) is 26.1. The van der Waals surface area contributed by atoms with Crippen LogP contribution in [0.3, 0.4) is 0 Å². The molecule has 142 valence electrons. The number of nitrogens with zero attached hydrogens (tertiary/aromatic N) is 1. The van der Waals surface area contributed by atoms with E-state index in [-0.39, 0.29) is 55.3 Å². The summed E-state index contributed by atoms with van der Waals surface area (Å²) >= 11 is 5.96. The summed E-state index contributed by atoms with van der Waals surface area (Å²) < 4.78 is 40.8. The number of hydrogen-bond donors (Lipinski definition) is 1. The molecule has 0 bridgehead atoms. The number of alkyl halides is 3. The molecule has 1 aromatic rings. The summed E-state index contributed by atoms with van der Waals surface area (Å²) in [5.41, 5.74) is 0.237. The van der Waals surface area contributed by atoms with E-state index < -0.39 is 30.0 Å². The van der Waals surface area contributed by atoms with Gasteiger partial charge >= 0.3 is 0 Å². The number of carbonyl (C=O) groups is 2. The number of likely N-dealkylation sites (tertiary alicyclic amines) is 1. The molecule has 1 aromatic carbocycles. The number of halogens is 4. The summed E-state index contributed by atoms with van der Waals surface area (Å²) in [6.07, 6.45) is -1.83. The highest BCUT2D eigenvalue weighted by Crippen LogP contribution is 2.37. The van der Waals surface area contributed by atoms with E-state index in [0.29, 0.717) is 0 Å². The number of nitrogens with one attached hydrogen (secondary N) is 1. The van der Waals surface area contributed by atoms with Crippen molar-refractivity contribution in [3.63, 3.8) is 0 Å². The van der Waals surface area contributed by atoms with Crippen LogP contribution in [0.1, 0.15) is 36.0 Å². The zero-order chi connectivity index (χ0) is 18.9. The average Bonchev–Trinajstić information content (AvgIpc) is 2.95. The first kappa shape index (κ1) is 19.0. The van der Waals surface area contributed by atoms with Crippen molar-refractivity contribution in [1.82, 2.24) is 10.2 Å². The lowest BCUT2D eigenvalue weighted by Crippen LogP contribution is -2.43. The molecule has 1 N–H and O–H groups in total. The lowest BCUT2D eigenvalue weighted by atomic mass is 9.86. The van der Waals surface area contributed by atoms with Crippen LogP contribution in [0.25, 0.3) is 0 Å². The minimum atomic E-state index is -2.71. The van der Waals surface area contributed by atoms with Crippen LogP contribution in [0.5, 0.6) is 0 Å². The molecule has 1 aliphatic carbocycles. The van der Waals surface area contributed by atoms with Crippen molar-refractivity contribution in [2.24, 2.45) is 5.92 Å². The minimum absolute atomic E-state index is 0.0308. The molecule has 26 heavy (non-hydrogen) atoms. The molecule has 0 unspecified atom stereocenters. The predicted octanol–water partition coefficient (Wildman–Crippen LogP) is 3.44. The lowest BCUT2D eigenvalue weighted by molar-refractivity contribution is -0.138. The van der Waals surface area contributed by atoms with Crippen LogP contribution in [0, 0.1) is 5.92 Å². The topological polar surface area (TPSA) is 49.4 Å². The van der Waals surface area contributed by atoms with Crippen LogP contribution in [-0.4, -0.2) is 47.9 Å². The first-order valence-corrected chi connectivity index (χ1v) is 9.01. The molecule has 1 heterocycles. The van der Waals surface area contributed by atoms with Crippen LogP contribution in [0.2, 0.25) is 5.02 Å². The monoisotopic (exact) mass is 388 g/mol. The Morgan fingerprint density at radius 3 is 2.46 bits per heavy atom.